The van der Waals surface area contributed by atoms with E-state index in [-0.39, 0.29) is 10.7 Å². The molecule has 2 fully saturated rings. The Morgan fingerprint density at radius 1 is 1.24 bits per heavy atom. The number of anilines is 1. The zero-order valence-electron chi connectivity index (χ0n) is 10.9. The molecule has 0 atom stereocenters. The standard InChI is InChI=1S/C13H12BrN3O3S/c14-9-6-7(20-12(9)17-3-1-2-4-17)5-8-10(18)15-13(21)16-11(8)19/h5-6H,1-4H2,(H2,15,16,18,19,21). The first kappa shape index (κ1) is 14.3. The van der Waals surface area contributed by atoms with Crippen LogP contribution in [0, 0.1) is 0 Å². The van der Waals surface area contributed by atoms with Crippen molar-refractivity contribution in [2.24, 2.45) is 0 Å². The molecule has 2 amide bonds. The van der Waals surface area contributed by atoms with Crippen LogP contribution in [-0.4, -0.2) is 30.0 Å². The van der Waals surface area contributed by atoms with Gasteiger partial charge in [0.25, 0.3) is 11.8 Å². The molecule has 21 heavy (non-hydrogen) atoms. The van der Waals surface area contributed by atoms with Gasteiger partial charge in [-0.15, -0.1) is 0 Å². The number of rotatable bonds is 2. The van der Waals surface area contributed by atoms with Crippen molar-refractivity contribution in [3.8, 4) is 0 Å². The molecular weight excluding hydrogens is 358 g/mol. The van der Waals surface area contributed by atoms with Crippen molar-refractivity contribution in [2.45, 2.75) is 12.8 Å². The normalized spacial score (nSPS) is 18.8. The first-order chi connectivity index (χ1) is 10.0. The van der Waals surface area contributed by atoms with E-state index in [2.05, 4.69) is 31.5 Å². The molecule has 1 aromatic rings. The topological polar surface area (TPSA) is 74.6 Å². The van der Waals surface area contributed by atoms with Crippen LogP contribution in [0.3, 0.4) is 0 Å². The van der Waals surface area contributed by atoms with Crippen molar-refractivity contribution < 1.29 is 14.0 Å². The van der Waals surface area contributed by atoms with Gasteiger partial charge >= 0.3 is 0 Å². The van der Waals surface area contributed by atoms with E-state index in [1.54, 1.807) is 6.07 Å². The van der Waals surface area contributed by atoms with Gasteiger partial charge in [-0.3, -0.25) is 20.2 Å². The molecule has 1 aromatic heterocycles. The van der Waals surface area contributed by atoms with E-state index in [4.69, 9.17) is 16.6 Å². The molecule has 0 aromatic carbocycles. The number of thiocarbonyl (C=S) groups is 1. The predicted molar refractivity (Wildman–Crippen MR) is 84.7 cm³/mol. The Morgan fingerprint density at radius 2 is 1.86 bits per heavy atom. The molecular formula is C13H12BrN3O3S. The number of hydrogen-bond donors (Lipinski definition) is 2. The number of carbonyl (C=O) groups excluding carboxylic acids is 2. The van der Waals surface area contributed by atoms with Crippen molar-refractivity contribution in [3.63, 3.8) is 0 Å². The minimum absolute atomic E-state index is 0.0144. The molecule has 2 saturated heterocycles. The molecule has 2 N–H and O–H groups in total. The Balaban J connectivity index is 1.89. The van der Waals surface area contributed by atoms with Crippen LogP contribution in [0.1, 0.15) is 18.6 Å². The van der Waals surface area contributed by atoms with Crippen molar-refractivity contribution in [1.29, 1.82) is 0 Å². The summed E-state index contributed by atoms with van der Waals surface area (Å²) in [6, 6.07) is 1.74. The maximum Gasteiger partial charge on any atom is 0.263 e. The van der Waals surface area contributed by atoms with Crippen molar-refractivity contribution in [2.75, 3.05) is 18.0 Å². The molecule has 0 bridgehead atoms. The van der Waals surface area contributed by atoms with E-state index in [0.717, 1.165) is 36.3 Å². The lowest BCUT2D eigenvalue weighted by Gasteiger charge is -2.16. The maximum absolute atomic E-state index is 11.8. The predicted octanol–water partition coefficient (Wildman–Crippen LogP) is 1.56. The number of hydrogen-bond acceptors (Lipinski definition) is 5. The molecule has 3 rings (SSSR count). The zero-order chi connectivity index (χ0) is 15.0. The SMILES string of the molecule is O=C1NC(=S)NC(=O)C1=Cc1cc(Br)c(N2CCCC2)o1. The van der Waals surface area contributed by atoms with Gasteiger partial charge in [-0.25, -0.2) is 0 Å². The number of nitrogens with one attached hydrogen (secondary N) is 2. The summed E-state index contributed by atoms with van der Waals surface area (Å²) in [4.78, 5) is 25.7. The van der Waals surface area contributed by atoms with E-state index in [9.17, 15) is 9.59 Å². The molecule has 0 radical (unpaired) electrons. The van der Waals surface area contributed by atoms with E-state index < -0.39 is 11.8 Å². The third-order valence-electron chi connectivity index (χ3n) is 3.31. The number of carbonyl (C=O) groups is 2. The van der Waals surface area contributed by atoms with E-state index in [1.165, 1.54) is 6.08 Å². The molecule has 2 aliphatic rings. The largest absolute Gasteiger partial charge is 0.440 e. The number of amides is 2. The Morgan fingerprint density at radius 3 is 2.48 bits per heavy atom. The second-order valence-electron chi connectivity index (χ2n) is 4.79. The van der Waals surface area contributed by atoms with Crippen LogP contribution in [-0.2, 0) is 9.59 Å². The molecule has 8 heteroatoms. The molecule has 0 spiro atoms. The zero-order valence-corrected chi connectivity index (χ0v) is 13.3. The Bertz CT molecular complexity index is 640. The van der Waals surface area contributed by atoms with Crippen molar-refractivity contribution >= 4 is 57.0 Å². The summed E-state index contributed by atoms with van der Waals surface area (Å²) < 4.78 is 6.54. The summed E-state index contributed by atoms with van der Waals surface area (Å²) in [7, 11) is 0. The average molecular weight is 370 g/mol. The monoisotopic (exact) mass is 369 g/mol. The molecule has 110 valence electrons. The number of nitrogens with zero attached hydrogens (tertiary/aromatic N) is 1. The fourth-order valence-electron chi connectivity index (χ4n) is 2.33. The van der Waals surface area contributed by atoms with Crippen LogP contribution < -0.4 is 15.5 Å². The molecule has 0 saturated carbocycles. The second-order valence-corrected chi connectivity index (χ2v) is 6.05. The molecule has 0 unspecified atom stereocenters. The van der Waals surface area contributed by atoms with Crippen LogP contribution >= 0.6 is 28.1 Å². The summed E-state index contributed by atoms with van der Waals surface area (Å²) in [6.07, 6.45) is 3.68. The van der Waals surface area contributed by atoms with E-state index >= 15 is 0 Å². The summed E-state index contributed by atoms with van der Waals surface area (Å²) in [6.45, 7) is 1.88. The first-order valence-corrected chi connectivity index (χ1v) is 7.67. The average Bonchev–Trinajstić information content (AvgIpc) is 3.02. The summed E-state index contributed by atoms with van der Waals surface area (Å²) in [5.74, 6) is 0.112. The van der Waals surface area contributed by atoms with Gasteiger partial charge in [0, 0.05) is 19.2 Å². The fourth-order valence-corrected chi connectivity index (χ4v) is 3.07. The highest BCUT2D eigenvalue weighted by molar-refractivity contribution is 9.10. The summed E-state index contributed by atoms with van der Waals surface area (Å²) in [5, 5.41) is 4.78. The minimum Gasteiger partial charge on any atom is -0.440 e. The third-order valence-corrected chi connectivity index (χ3v) is 4.08. The van der Waals surface area contributed by atoms with E-state index in [1.807, 2.05) is 0 Å². The quantitative estimate of drug-likeness (QED) is 0.470. The van der Waals surface area contributed by atoms with Gasteiger partial charge in [0.15, 0.2) is 5.11 Å². The van der Waals surface area contributed by atoms with Gasteiger partial charge < -0.3 is 9.32 Å². The Hall–Kier alpha value is -1.67. The van der Waals surface area contributed by atoms with Gasteiger partial charge in [-0.05, 0) is 47.1 Å². The van der Waals surface area contributed by atoms with Crippen LogP contribution in [0.25, 0.3) is 6.08 Å². The van der Waals surface area contributed by atoms with Gasteiger partial charge in [0.1, 0.15) is 11.3 Å². The number of furan rings is 1. The highest BCUT2D eigenvalue weighted by Gasteiger charge is 2.27. The Kier molecular flexibility index (Phi) is 3.81. The highest BCUT2D eigenvalue weighted by atomic mass is 79.9. The molecule has 2 aliphatic heterocycles. The van der Waals surface area contributed by atoms with Gasteiger partial charge in [-0.2, -0.15) is 0 Å². The molecule has 6 nitrogen and oxygen atoms in total. The summed E-state index contributed by atoms with van der Waals surface area (Å²) >= 11 is 8.19. The molecule has 3 heterocycles. The van der Waals surface area contributed by atoms with Crippen LogP contribution in [0.2, 0.25) is 0 Å². The second kappa shape index (κ2) is 5.61. The first-order valence-electron chi connectivity index (χ1n) is 6.47. The van der Waals surface area contributed by atoms with Crippen LogP contribution in [0.4, 0.5) is 5.88 Å². The molecule has 0 aliphatic carbocycles. The van der Waals surface area contributed by atoms with Gasteiger partial charge in [0.2, 0.25) is 5.88 Å². The lowest BCUT2D eigenvalue weighted by atomic mass is 10.1. The smallest absolute Gasteiger partial charge is 0.263 e. The third kappa shape index (κ3) is 2.86. The van der Waals surface area contributed by atoms with Gasteiger partial charge in [-0.1, -0.05) is 0 Å². The lowest BCUT2D eigenvalue weighted by molar-refractivity contribution is -0.123. The van der Waals surface area contributed by atoms with Crippen LogP contribution in [0.15, 0.2) is 20.5 Å². The minimum atomic E-state index is -0.529. The van der Waals surface area contributed by atoms with E-state index in [0.29, 0.717) is 5.76 Å². The Labute approximate surface area is 134 Å². The van der Waals surface area contributed by atoms with Crippen molar-refractivity contribution in [3.05, 3.63) is 21.9 Å². The maximum atomic E-state index is 11.8. The van der Waals surface area contributed by atoms with Crippen molar-refractivity contribution in [1.82, 2.24) is 10.6 Å². The van der Waals surface area contributed by atoms with Crippen LogP contribution in [0.5, 0.6) is 0 Å². The fraction of sp³-hybridized carbons (Fsp3) is 0.308. The highest BCUT2D eigenvalue weighted by Crippen LogP contribution is 2.33. The summed E-state index contributed by atoms with van der Waals surface area (Å²) in [5.41, 5.74) is -0.0298. The van der Waals surface area contributed by atoms with Gasteiger partial charge in [0.05, 0.1) is 4.47 Å². The number of halogens is 1. The lowest BCUT2D eigenvalue weighted by Crippen LogP contribution is -2.51.